The summed E-state index contributed by atoms with van der Waals surface area (Å²) in [5.41, 5.74) is 0.339. The fourth-order valence-corrected chi connectivity index (χ4v) is 2.41. The molecule has 1 unspecified atom stereocenters. The molecule has 0 aliphatic carbocycles. The van der Waals surface area contributed by atoms with E-state index in [2.05, 4.69) is 5.32 Å². The van der Waals surface area contributed by atoms with Crippen LogP contribution in [0.2, 0.25) is 0 Å². The molecule has 1 atom stereocenters. The number of carboxylic acid groups (broad SMARTS) is 1. The molecular formula is C20H22N2O5. The maximum atomic E-state index is 12.7. The number of aliphatic carboxylic acids is 1. The first-order valence-corrected chi connectivity index (χ1v) is 8.49. The first kappa shape index (κ1) is 20.0. The number of benzene rings is 2. The van der Waals surface area contributed by atoms with Crippen molar-refractivity contribution in [3.05, 3.63) is 60.2 Å². The summed E-state index contributed by atoms with van der Waals surface area (Å²) in [6.45, 7) is 3.06. The minimum absolute atomic E-state index is 0.0914. The second-order valence-electron chi connectivity index (χ2n) is 5.94. The molecule has 2 amide bonds. The number of nitrogens with one attached hydrogen (secondary N) is 1. The van der Waals surface area contributed by atoms with Gasteiger partial charge in [-0.05, 0) is 43.3 Å². The summed E-state index contributed by atoms with van der Waals surface area (Å²) >= 11 is 0. The highest BCUT2D eigenvalue weighted by molar-refractivity contribution is 5.96. The Morgan fingerprint density at radius 2 is 1.63 bits per heavy atom. The van der Waals surface area contributed by atoms with Gasteiger partial charge in [-0.2, -0.15) is 0 Å². The van der Waals surface area contributed by atoms with Gasteiger partial charge in [0.05, 0.1) is 0 Å². The smallest absolute Gasteiger partial charge is 0.326 e. The third-order valence-corrected chi connectivity index (χ3v) is 3.89. The molecule has 0 saturated heterocycles. The zero-order valence-corrected chi connectivity index (χ0v) is 15.2. The van der Waals surface area contributed by atoms with Crippen LogP contribution in [-0.4, -0.2) is 46.9 Å². The van der Waals surface area contributed by atoms with Gasteiger partial charge in [-0.15, -0.1) is 0 Å². The van der Waals surface area contributed by atoms with Crippen molar-refractivity contribution in [2.24, 2.45) is 0 Å². The van der Waals surface area contributed by atoms with Crippen LogP contribution in [0.25, 0.3) is 0 Å². The molecule has 7 heteroatoms. The largest absolute Gasteiger partial charge is 0.480 e. The molecule has 27 heavy (non-hydrogen) atoms. The van der Waals surface area contributed by atoms with Crippen molar-refractivity contribution in [3.63, 3.8) is 0 Å². The quantitative estimate of drug-likeness (QED) is 0.744. The highest BCUT2D eigenvalue weighted by atomic mass is 16.5. The molecule has 2 N–H and O–H groups in total. The van der Waals surface area contributed by atoms with Crippen LogP contribution in [0.15, 0.2) is 54.6 Å². The summed E-state index contributed by atoms with van der Waals surface area (Å²) in [4.78, 5) is 36.3. The lowest BCUT2D eigenvalue weighted by atomic mass is 10.1. The number of nitrogens with zero attached hydrogens (tertiary/aromatic N) is 1. The number of ether oxygens (including phenoxy) is 1. The number of hydrogen-bond acceptors (Lipinski definition) is 4. The van der Waals surface area contributed by atoms with Crippen molar-refractivity contribution in [3.8, 4) is 11.5 Å². The number of carbonyl (C=O) groups excluding carboxylic acids is 2. The lowest BCUT2D eigenvalue weighted by Gasteiger charge is -2.26. The van der Waals surface area contributed by atoms with E-state index in [0.717, 1.165) is 0 Å². The van der Waals surface area contributed by atoms with E-state index in [1.54, 1.807) is 24.3 Å². The van der Waals surface area contributed by atoms with Gasteiger partial charge >= 0.3 is 5.97 Å². The fourth-order valence-electron chi connectivity index (χ4n) is 2.41. The second-order valence-corrected chi connectivity index (χ2v) is 5.94. The van der Waals surface area contributed by atoms with Crippen LogP contribution in [0.4, 0.5) is 0 Å². The average Bonchev–Trinajstić information content (AvgIpc) is 2.65. The standard InChI is InChI=1S/C20H22N2O5/c1-14(20(25)26)22(13-12-21-15(2)23)19(24)16-8-10-18(11-9-16)27-17-6-4-3-5-7-17/h3-11,14H,12-13H2,1-2H3,(H,21,23)(H,25,26). The minimum atomic E-state index is -1.12. The minimum Gasteiger partial charge on any atom is -0.480 e. The van der Waals surface area contributed by atoms with E-state index in [0.29, 0.717) is 17.1 Å². The molecule has 7 nitrogen and oxygen atoms in total. The molecule has 2 aromatic carbocycles. The molecule has 0 aliphatic rings. The van der Waals surface area contributed by atoms with Crippen molar-refractivity contribution in [2.75, 3.05) is 13.1 Å². The predicted molar refractivity (Wildman–Crippen MR) is 99.8 cm³/mol. The molecule has 0 radical (unpaired) electrons. The fraction of sp³-hybridized carbons (Fsp3) is 0.250. The van der Waals surface area contributed by atoms with Crippen LogP contribution >= 0.6 is 0 Å². The Morgan fingerprint density at radius 3 is 2.19 bits per heavy atom. The van der Waals surface area contributed by atoms with E-state index in [9.17, 15) is 19.5 Å². The predicted octanol–water partition coefficient (Wildman–Crippen LogP) is 2.53. The van der Waals surface area contributed by atoms with Gasteiger partial charge in [-0.1, -0.05) is 18.2 Å². The van der Waals surface area contributed by atoms with Gasteiger partial charge in [-0.25, -0.2) is 4.79 Å². The van der Waals surface area contributed by atoms with Gasteiger partial charge in [0, 0.05) is 25.6 Å². The number of rotatable bonds is 8. The number of carbonyl (C=O) groups is 3. The van der Waals surface area contributed by atoms with Crippen LogP contribution in [0.3, 0.4) is 0 Å². The van der Waals surface area contributed by atoms with Gasteiger partial charge in [0.1, 0.15) is 17.5 Å². The molecule has 0 heterocycles. The van der Waals surface area contributed by atoms with Gasteiger partial charge in [0.15, 0.2) is 0 Å². The molecule has 0 aliphatic heterocycles. The zero-order chi connectivity index (χ0) is 19.8. The summed E-state index contributed by atoms with van der Waals surface area (Å²) in [5, 5.41) is 11.8. The SMILES string of the molecule is CC(=O)NCCN(C(=O)c1ccc(Oc2ccccc2)cc1)C(C)C(=O)O. The summed E-state index contributed by atoms with van der Waals surface area (Å²) in [6.07, 6.45) is 0. The summed E-state index contributed by atoms with van der Waals surface area (Å²) in [7, 11) is 0. The van der Waals surface area contributed by atoms with Gasteiger partial charge in [0.2, 0.25) is 5.91 Å². The van der Waals surface area contributed by atoms with Crippen LogP contribution in [0, 0.1) is 0 Å². The van der Waals surface area contributed by atoms with Crippen LogP contribution in [0.1, 0.15) is 24.2 Å². The Kier molecular flexibility index (Phi) is 6.93. The van der Waals surface area contributed by atoms with E-state index < -0.39 is 17.9 Å². The van der Waals surface area contributed by atoms with Gasteiger partial charge < -0.3 is 20.1 Å². The third-order valence-electron chi connectivity index (χ3n) is 3.89. The Morgan fingerprint density at radius 1 is 1.04 bits per heavy atom. The zero-order valence-electron chi connectivity index (χ0n) is 15.2. The van der Waals surface area contributed by atoms with E-state index in [4.69, 9.17) is 4.74 Å². The maximum absolute atomic E-state index is 12.7. The van der Waals surface area contributed by atoms with Crippen molar-refractivity contribution in [1.82, 2.24) is 10.2 Å². The molecule has 142 valence electrons. The monoisotopic (exact) mass is 370 g/mol. The molecule has 0 saturated carbocycles. The molecule has 0 bridgehead atoms. The van der Waals surface area contributed by atoms with Crippen molar-refractivity contribution < 1.29 is 24.2 Å². The summed E-state index contributed by atoms with van der Waals surface area (Å²) < 4.78 is 5.68. The molecule has 2 rings (SSSR count). The maximum Gasteiger partial charge on any atom is 0.326 e. The van der Waals surface area contributed by atoms with E-state index in [-0.39, 0.29) is 19.0 Å². The highest BCUT2D eigenvalue weighted by Crippen LogP contribution is 2.21. The number of amides is 2. The van der Waals surface area contributed by atoms with Gasteiger partial charge in [0.25, 0.3) is 5.91 Å². The number of carboxylic acids is 1. The first-order chi connectivity index (χ1) is 12.9. The molecule has 0 fully saturated rings. The van der Waals surface area contributed by atoms with E-state index in [1.807, 2.05) is 30.3 Å². The van der Waals surface area contributed by atoms with Gasteiger partial charge in [-0.3, -0.25) is 9.59 Å². The Bertz CT molecular complexity index is 790. The van der Waals surface area contributed by atoms with Crippen molar-refractivity contribution >= 4 is 17.8 Å². The molecule has 2 aromatic rings. The van der Waals surface area contributed by atoms with Crippen LogP contribution in [0.5, 0.6) is 11.5 Å². The number of para-hydroxylation sites is 1. The van der Waals surface area contributed by atoms with Crippen LogP contribution < -0.4 is 10.1 Å². The Balaban J connectivity index is 2.11. The van der Waals surface area contributed by atoms with Crippen LogP contribution in [-0.2, 0) is 9.59 Å². The Labute approximate surface area is 157 Å². The first-order valence-electron chi connectivity index (χ1n) is 8.49. The highest BCUT2D eigenvalue weighted by Gasteiger charge is 2.26. The lowest BCUT2D eigenvalue weighted by molar-refractivity contribution is -0.141. The lowest BCUT2D eigenvalue weighted by Crippen LogP contribution is -2.46. The normalized spacial score (nSPS) is 11.3. The third kappa shape index (κ3) is 5.85. The molecule has 0 aromatic heterocycles. The summed E-state index contributed by atoms with van der Waals surface area (Å²) in [6, 6.07) is 14.7. The Hall–Kier alpha value is -3.35. The number of hydrogen-bond donors (Lipinski definition) is 2. The topological polar surface area (TPSA) is 95.9 Å². The van der Waals surface area contributed by atoms with E-state index >= 15 is 0 Å². The average molecular weight is 370 g/mol. The molecular weight excluding hydrogens is 348 g/mol. The summed E-state index contributed by atoms with van der Waals surface area (Å²) in [5.74, 6) is -0.550. The van der Waals surface area contributed by atoms with Crippen molar-refractivity contribution in [2.45, 2.75) is 19.9 Å². The van der Waals surface area contributed by atoms with E-state index in [1.165, 1.54) is 18.7 Å². The van der Waals surface area contributed by atoms with Crippen molar-refractivity contribution in [1.29, 1.82) is 0 Å². The molecule has 0 spiro atoms. The second kappa shape index (κ2) is 9.38.